The number of benzene rings is 1. The lowest BCUT2D eigenvalue weighted by Crippen LogP contribution is -2.09. The van der Waals surface area contributed by atoms with Crippen molar-refractivity contribution in [2.75, 3.05) is 7.11 Å². The zero-order valence-corrected chi connectivity index (χ0v) is 13.6. The Kier molecular flexibility index (Phi) is 5.14. The molecular weight excluding hydrogens is 342 g/mol. The molecule has 6 heteroatoms. The number of carbonyl (C=O) groups excluding carboxylic acids is 1. The Bertz CT molecular complexity index is 612. The highest BCUT2D eigenvalue weighted by Gasteiger charge is 2.10. The molecule has 0 atom stereocenters. The van der Waals surface area contributed by atoms with Crippen LogP contribution in [-0.2, 0) is 22.6 Å². The fourth-order valence-corrected chi connectivity index (χ4v) is 2.73. The molecule has 0 N–H and O–H groups in total. The highest BCUT2D eigenvalue weighted by atomic mass is 79.9. The van der Waals surface area contributed by atoms with Crippen molar-refractivity contribution in [3.63, 3.8) is 0 Å². The smallest absolute Gasteiger partial charge is 0.312 e. The van der Waals surface area contributed by atoms with E-state index in [-0.39, 0.29) is 19.0 Å². The molecule has 1 heterocycles. The average molecular weight is 356 g/mol. The van der Waals surface area contributed by atoms with Gasteiger partial charge in [-0.1, -0.05) is 15.9 Å². The van der Waals surface area contributed by atoms with Crippen LogP contribution in [-0.4, -0.2) is 18.1 Å². The highest BCUT2D eigenvalue weighted by molar-refractivity contribution is 9.10. The lowest BCUT2D eigenvalue weighted by atomic mass is 10.2. The molecule has 0 fully saturated rings. The van der Waals surface area contributed by atoms with E-state index in [9.17, 15) is 4.79 Å². The summed E-state index contributed by atoms with van der Waals surface area (Å²) in [4.78, 5) is 16.0. The van der Waals surface area contributed by atoms with Gasteiger partial charge in [-0.15, -0.1) is 11.3 Å². The number of carbonyl (C=O) groups is 1. The monoisotopic (exact) mass is 355 g/mol. The number of hydrogen-bond donors (Lipinski definition) is 0. The fourth-order valence-electron chi connectivity index (χ4n) is 1.71. The van der Waals surface area contributed by atoms with E-state index < -0.39 is 0 Å². The minimum Gasteiger partial charge on any atom is -0.496 e. The Morgan fingerprint density at radius 1 is 1.45 bits per heavy atom. The number of rotatable bonds is 5. The van der Waals surface area contributed by atoms with Crippen LogP contribution in [0.15, 0.2) is 28.1 Å². The molecule has 2 rings (SSSR count). The standard InChI is InChI=1S/C14H14BrNO3S/c1-9-16-12(8-20-9)6-14(17)19-7-10-5-11(15)3-4-13(10)18-2/h3-5,8H,6-7H2,1-2H3. The average Bonchev–Trinajstić information content (AvgIpc) is 2.82. The van der Waals surface area contributed by atoms with Crippen molar-refractivity contribution in [3.8, 4) is 5.75 Å². The van der Waals surface area contributed by atoms with E-state index in [0.717, 1.165) is 20.7 Å². The predicted molar refractivity (Wildman–Crippen MR) is 81.0 cm³/mol. The zero-order chi connectivity index (χ0) is 14.5. The van der Waals surface area contributed by atoms with Crippen LogP contribution in [0.3, 0.4) is 0 Å². The molecule has 4 nitrogen and oxygen atoms in total. The summed E-state index contributed by atoms with van der Waals surface area (Å²) in [5, 5.41) is 2.82. The summed E-state index contributed by atoms with van der Waals surface area (Å²) in [7, 11) is 1.59. The summed E-state index contributed by atoms with van der Waals surface area (Å²) < 4.78 is 11.4. The first-order valence-corrected chi connectivity index (χ1v) is 7.65. The maximum absolute atomic E-state index is 11.8. The lowest BCUT2D eigenvalue weighted by molar-refractivity contribution is -0.144. The molecule has 0 amide bonds. The summed E-state index contributed by atoms with van der Waals surface area (Å²) in [5.74, 6) is 0.405. The Morgan fingerprint density at radius 3 is 2.90 bits per heavy atom. The van der Waals surface area contributed by atoms with E-state index in [1.165, 1.54) is 11.3 Å². The van der Waals surface area contributed by atoms with Gasteiger partial charge in [0.25, 0.3) is 0 Å². The summed E-state index contributed by atoms with van der Waals surface area (Å²) in [6.07, 6.45) is 0.195. The summed E-state index contributed by atoms with van der Waals surface area (Å²) in [5.41, 5.74) is 1.57. The van der Waals surface area contributed by atoms with E-state index in [1.807, 2.05) is 30.5 Å². The zero-order valence-electron chi connectivity index (χ0n) is 11.2. The van der Waals surface area contributed by atoms with Crippen molar-refractivity contribution in [2.45, 2.75) is 20.0 Å². The molecular formula is C14H14BrNO3S. The number of esters is 1. The largest absolute Gasteiger partial charge is 0.496 e. The molecule has 0 unspecified atom stereocenters. The van der Waals surface area contributed by atoms with Crippen LogP contribution >= 0.6 is 27.3 Å². The second kappa shape index (κ2) is 6.85. The van der Waals surface area contributed by atoms with Gasteiger partial charge in [-0.3, -0.25) is 4.79 Å². The molecule has 20 heavy (non-hydrogen) atoms. The molecule has 0 saturated heterocycles. The second-order valence-corrected chi connectivity index (χ2v) is 6.13. The number of nitrogens with zero attached hydrogens (tertiary/aromatic N) is 1. The van der Waals surface area contributed by atoms with Gasteiger partial charge in [-0.25, -0.2) is 4.98 Å². The van der Waals surface area contributed by atoms with Gasteiger partial charge in [0, 0.05) is 15.4 Å². The third kappa shape index (κ3) is 4.05. The van der Waals surface area contributed by atoms with Crippen LogP contribution < -0.4 is 4.74 Å². The number of aryl methyl sites for hydroxylation is 1. The summed E-state index contributed by atoms with van der Waals surface area (Å²) in [6.45, 7) is 2.09. The van der Waals surface area contributed by atoms with E-state index in [4.69, 9.17) is 9.47 Å². The highest BCUT2D eigenvalue weighted by Crippen LogP contribution is 2.23. The fraction of sp³-hybridized carbons (Fsp3) is 0.286. The SMILES string of the molecule is COc1ccc(Br)cc1COC(=O)Cc1csc(C)n1. The van der Waals surface area contributed by atoms with Gasteiger partial charge in [-0.2, -0.15) is 0 Å². The van der Waals surface area contributed by atoms with E-state index in [0.29, 0.717) is 5.75 Å². The third-order valence-electron chi connectivity index (χ3n) is 2.62. The molecule has 106 valence electrons. The topological polar surface area (TPSA) is 48.4 Å². The predicted octanol–water partition coefficient (Wildman–Crippen LogP) is 3.51. The summed E-state index contributed by atoms with van der Waals surface area (Å²) >= 11 is 4.91. The number of aromatic nitrogens is 1. The maximum Gasteiger partial charge on any atom is 0.312 e. The summed E-state index contributed by atoms with van der Waals surface area (Å²) in [6, 6.07) is 5.58. The first kappa shape index (κ1) is 15.0. The lowest BCUT2D eigenvalue weighted by Gasteiger charge is -2.09. The molecule has 2 aromatic rings. The molecule has 1 aromatic heterocycles. The molecule has 0 saturated carbocycles. The van der Waals surface area contributed by atoms with Crippen molar-refractivity contribution in [1.82, 2.24) is 4.98 Å². The van der Waals surface area contributed by atoms with E-state index in [1.54, 1.807) is 7.11 Å². The van der Waals surface area contributed by atoms with Crippen molar-refractivity contribution >= 4 is 33.2 Å². The van der Waals surface area contributed by atoms with Crippen molar-refractivity contribution in [2.24, 2.45) is 0 Å². The molecule has 0 radical (unpaired) electrons. The van der Waals surface area contributed by atoms with E-state index >= 15 is 0 Å². The quantitative estimate of drug-likeness (QED) is 0.770. The molecule has 0 aliphatic heterocycles. The first-order valence-electron chi connectivity index (χ1n) is 5.97. The Balaban J connectivity index is 1.94. The minimum absolute atomic E-state index is 0.185. The number of methoxy groups -OCH3 is 1. The number of ether oxygens (including phenoxy) is 2. The van der Waals surface area contributed by atoms with Crippen molar-refractivity contribution < 1.29 is 14.3 Å². The minimum atomic E-state index is -0.294. The van der Waals surface area contributed by atoms with Crippen molar-refractivity contribution in [3.05, 3.63) is 44.3 Å². The number of hydrogen-bond acceptors (Lipinski definition) is 5. The Labute approximate surface area is 129 Å². The molecule has 0 bridgehead atoms. The molecule has 0 spiro atoms. The van der Waals surface area contributed by atoms with Gasteiger partial charge in [0.15, 0.2) is 0 Å². The van der Waals surface area contributed by atoms with Crippen LogP contribution in [0.2, 0.25) is 0 Å². The van der Waals surface area contributed by atoms with Gasteiger partial charge < -0.3 is 9.47 Å². The second-order valence-electron chi connectivity index (χ2n) is 4.15. The van der Waals surface area contributed by atoms with Crippen LogP contribution in [0.1, 0.15) is 16.3 Å². The Hall–Kier alpha value is -1.40. The maximum atomic E-state index is 11.8. The van der Waals surface area contributed by atoms with Crippen LogP contribution in [0.25, 0.3) is 0 Å². The van der Waals surface area contributed by atoms with Gasteiger partial charge in [-0.05, 0) is 25.1 Å². The van der Waals surface area contributed by atoms with E-state index in [2.05, 4.69) is 20.9 Å². The van der Waals surface area contributed by atoms with Crippen LogP contribution in [0.5, 0.6) is 5.75 Å². The third-order valence-corrected chi connectivity index (χ3v) is 3.94. The molecule has 0 aliphatic rings. The van der Waals surface area contributed by atoms with Crippen LogP contribution in [0, 0.1) is 6.92 Å². The first-order chi connectivity index (χ1) is 9.58. The number of thiazole rings is 1. The van der Waals surface area contributed by atoms with Gasteiger partial charge in [0.05, 0.1) is 24.2 Å². The van der Waals surface area contributed by atoms with Gasteiger partial charge in [0.1, 0.15) is 12.4 Å². The normalized spacial score (nSPS) is 10.3. The van der Waals surface area contributed by atoms with Crippen LogP contribution in [0.4, 0.5) is 0 Å². The van der Waals surface area contributed by atoms with Gasteiger partial charge >= 0.3 is 5.97 Å². The Morgan fingerprint density at radius 2 is 2.25 bits per heavy atom. The molecule has 1 aromatic carbocycles. The van der Waals surface area contributed by atoms with Gasteiger partial charge in [0.2, 0.25) is 0 Å². The number of halogens is 1. The molecule has 0 aliphatic carbocycles. The van der Waals surface area contributed by atoms with Crippen molar-refractivity contribution in [1.29, 1.82) is 0 Å².